The number of aryl methyl sites for hydroxylation is 1. The first-order valence-electron chi connectivity index (χ1n) is 9.83. The molecule has 28 heavy (non-hydrogen) atoms. The third-order valence-electron chi connectivity index (χ3n) is 4.71. The van der Waals surface area contributed by atoms with Crippen molar-refractivity contribution in [3.05, 3.63) is 59.3 Å². The molecule has 1 saturated heterocycles. The van der Waals surface area contributed by atoms with Gasteiger partial charge >= 0.3 is 5.97 Å². The summed E-state index contributed by atoms with van der Waals surface area (Å²) in [6.45, 7) is 9.43. The molecular formula is C24H28N2O2. The largest absolute Gasteiger partial charge is 0.460 e. The van der Waals surface area contributed by atoms with Gasteiger partial charge in [-0.3, -0.25) is 4.79 Å². The van der Waals surface area contributed by atoms with E-state index < -0.39 is 5.60 Å². The van der Waals surface area contributed by atoms with Crippen LogP contribution in [0.3, 0.4) is 0 Å². The number of hydrogen-bond acceptors (Lipinski definition) is 4. The molecule has 2 heterocycles. The smallest absolute Gasteiger partial charge is 0.309 e. The third kappa shape index (κ3) is 5.36. The maximum atomic E-state index is 12.3. The van der Waals surface area contributed by atoms with Crippen LogP contribution in [0.15, 0.2) is 42.6 Å². The Morgan fingerprint density at radius 3 is 2.36 bits per heavy atom. The van der Waals surface area contributed by atoms with Gasteiger partial charge in [-0.1, -0.05) is 30.0 Å². The highest BCUT2D eigenvalue weighted by Crippen LogP contribution is 2.26. The fourth-order valence-corrected chi connectivity index (χ4v) is 3.34. The van der Waals surface area contributed by atoms with Gasteiger partial charge in [0.25, 0.3) is 0 Å². The van der Waals surface area contributed by atoms with Gasteiger partial charge in [0.2, 0.25) is 0 Å². The number of aromatic nitrogens is 1. The third-order valence-corrected chi connectivity index (χ3v) is 4.71. The van der Waals surface area contributed by atoms with Crippen LogP contribution in [0, 0.1) is 24.7 Å². The van der Waals surface area contributed by atoms with E-state index in [1.807, 2.05) is 57.3 Å². The Morgan fingerprint density at radius 2 is 1.75 bits per heavy atom. The first-order chi connectivity index (χ1) is 13.3. The van der Waals surface area contributed by atoms with Crippen molar-refractivity contribution < 1.29 is 9.53 Å². The van der Waals surface area contributed by atoms with E-state index in [9.17, 15) is 4.79 Å². The lowest BCUT2D eigenvalue weighted by Gasteiger charge is -2.33. The van der Waals surface area contributed by atoms with Crippen LogP contribution in [-0.2, 0) is 9.53 Å². The Morgan fingerprint density at radius 1 is 1.11 bits per heavy atom. The van der Waals surface area contributed by atoms with E-state index in [1.165, 1.54) is 0 Å². The molecule has 0 amide bonds. The van der Waals surface area contributed by atoms with Crippen LogP contribution in [0.25, 0.3) is 0 Å². The van der Waals surface area contributed by atoms with Crippen LogP contribution < -0.4 is 4.90 Å². The number of carbonyl (C=O) groups excluding carboxylic acids is 1. The number of anilines is 1. The Labute approximate surface area is 167 Å². The Bertz CT molecular complexity index is 880. The standard InChI is InChI=1S/C24H28N2O2/c1-18-16-20(11-10-19-8-6-5-7-9-19)17-25-22(18)26-14-12-21(13-15-26)23(27)28-24(2,3)4/h5-9,16-17,21H,12-15H2,1-4H3. The first-order valence-corrected chi connectivity index (χ1v) is 9.83. The molecule has 0 bridgehead atoms. The van der Waals surface area contributed by atoms with E-state index in [0.29, 0.717) is 0 Å². The summed E-state index contributed by atoms with van der Waals surface area (Å²) in [7, 11) is 0. The number of rotatable bonds is 2. The van der Waals surface area contributed by atoms with Crippen molar-refractivity contribution in [1.29, 1.82) is 0 Å². The minimum absolute atomic E-state index is 0.0215. The number of hydrogen-bond donors (Lipinski definition) is 0. The van der Waals surface area contributed by atoms with Crippen LogP contribution in [0.1, 0.15) is 50.3 Å². The number of nitrogens with zero attached hydrogens (tertiary/aromatic N) is 2. The highest BCUT2D eigenvalue weighted by Gasteiger charge is 2.29. The van der Waals surface area contributed by atoms with Crippen LogP contribution in [-0.4, -0.2) is 29.6 Å². The van der Waals surface area contributed by atoms with Gasteiger partial charge < -0.3 is 9.64 Å². The van der Waals surface area contributed by atoms with Crippen molar-refractivity contribution in [1.82, 2.24) is 4.98 Å². The predicted molar refractivity (Wildman–Crippen MR) is 112 cm³/mol. The van der Waals surface area contributed by atoms with Crippen molar-refractivity contribution in [3.8, 4) is 11.8 Å². The van der Waals surface area contributed by atoms with Crippen molar-refractivity contribution in [2.75, 3.05) is 18.0 Å². The molecule has 0 radical (unpaired) electrons. The predicted octanol–water partition coefficient (Wildman–Crippen LogP) is 4.35. The molecule has 0 atom stereocenters. The van der Waals surface area contributed by atoms with Gasteiger partial charge in [0, 0.05) is 30.4 Å². The average molecular weight is 377 g/mol. The van der Waals surface area contributed by atoms with Crippen LogP contribution in [0.4, 0.5) is 5.82 Å². The quantitative estimate of drug-likeness (QED) is 0.577. The molecule has 0 N–H and O–H groups in total. The summed E-state index contributed by atoms with van der Waals surface area (Å²) in [5.41, 5.74) is 2.58. The second-order valence-electron chi connectivity index (χ2n) is 8.28. The zero-order chi connectivity index (χ0) is 20.1. The normalized spacial score (nSPS) is 14.9. The summed E-state index contributed by atoms with van der Waals surface area (Å²) in [6, 6.07) is 12.0. The molecule has 1 aliphatic rings. The molecule has 0 unspecified atom stereocenters. The van der Waals surface area contributed by atoms with Crippen LogP contribution >= 0.6 is 0 Å². The van der Waals surface area contributed by atoms with Gasteiger partial charge in [0.15, 0.2) is 0 Å². The van der Waals surface area contributed by atoms with E-state index in [4.69, 9.17) is 4.74 Å². The van der Waals surface area contributed by atoms with Crippen LogP contribution in [0.5, 0.6) is 0 Å². The summed E-state index contributed by atoms with van der Waals surface area (Å²) in [4.78, 5) is 19.2. The summed E-state index contributed by atoms with van der Waals surface area (Å²) in [5.74, 6) is 7.23. The zero-order valence-electron chi connectivity index (χ0n) is 17.2. The highest BCUT2D eigenvalue weighted by molar-refractivity contribution is 5.73. The summed E-state index contributed by atoms with van der Waals surface area (Å²) in [5, 5.41) is 0. The lowest BCUT2D eigenvalue weighted by Crippen LogP contribution is -2.39. The number of carbonyl (C=O) groups is 1. The zero-order valence-corrected chi connectivity index (χ0v) is 17.2. The molecule has 1 fully saturated rings. The number of pyridine rings is 1. The van der Waals surface area contributed by atoms with Crippen LogP contribution in [0.2, 0.25) is 0 Å². The molecule has 2 aromatic rings. The molecule has 4 heteroatoms. The molecule has 1 aromatic carbocycles. The fourth-order valence-electron chi connectivity index (χ4n) is 3.34. The van der Waals surface area contributed by atoms with Crippen molar-refractivity contribution in [3.63, 3.8) is 0 Å². The summed E-state index contributed by atoms with van der Waals surface area (Å²) in [6.07, 6.45) is 3.43. The molecule has 0 saturated carbocycles. The fraction of sp³-hybridized carbons (Fsp3) is 0.417. The summed E-state index contributed by atoms with van der Waals surface area (Å²) >= 11 is 0. The second kappa shape index (κ2) is 8.48. The number of esters is 1. The number of benzene rings is 1. The molecule has 4 nitrogen and oxygen atoms in total. The Balaban J connectivity index is 1.63. The van der Waals surface area contributed by atoms with E-state index in [2.05, 4.69) is 34.7 Å². The maximum absolute atomic E-state index is 12.3. The molecule has 1 aliphatic heterocycles. The molecule has 0 aliphatic carbocycles. The minimum Gasteiger partial charge on any atom is -0.460 e. The topological polar surface area (TPSA) is 42.4 Å². The molecular weight excluding hydrogens is 348 g/mol. The highest BCUT2D eigenvalue weighted by atomic mass is 16.6. The molecule has 0 spiro atoms. The summed E-state index contributed by atoms with van der Waals surface area (Å²) < 4.78 is 5.53. The number of ether oxygens (including phenoxy) is 1. The molecule has 3 rings (SSSR count). The van der Waals surface area contributed by atoms with E-state index in [0.717, 1.165) is 48.4 Å². The van der Waals surface area contributed by atoms with Gasteiger partial charge in [-0.25, -0.2) is 4.98 Å². The Kier molecular flexibility index (Phi) is 6.04. The van der Waals surface area contributed by atoms with E-state index >= 15 is 0 Å². The monoisotopic (exact) mass is 376 g/mol. The average Bonchev–Trinajstić information content (AvgIpc) is 2.66. The van der Waals surface area contributed by atoms with Crippen molar-refractivity contribution in [2.45, 2.75) is 46.1 Å². The van der Waals surface area contributed by atoms with Gasteiger partial charge in [0.1, 0.15) is 11.4 Å². The Hall–Kier alpha value is -2.80. The van der Waals surface area contributed by atoms with Gasteiger partial charge in [-0.15, -0.1) is 0 Å². The lowest BCUT2D eigenvalue weighted by molar-refractivity contribution is -0.160. The lowest BCUT2D eigenvalue weighted by atomic mass is 9.96. The van der Waals surface area contributed by atoms with Crippen molar-refractivity contribution in [2.24, 2.45) is 5.92 Å². The molecule has 1 aromatic heterocycles. The van der Waals surface area contributed by atoms with E-state index in [-0.39, 0.29) is 11.9 Å². The van der Waals surface area contributed by atoms with E-state index in [1.54, 1.807) is 0 Å². The SMILES string of the molecule is Cc1cc(C#Cc2ccccc2)cnc1N1CCC(C(=O)OC(C)(C)C)CC1. The first kappa shape index (κ1) is 19.9. The van der Waals surface area contributed by atoms with Gasteiger partial charge in [-0.05, 0) is 64.3 Å². The minimum atomic E-state index is -0.428. The van der Waals surface area contributed by atoms with Crippen molar-refractivity contribution >= 4 is 11.8 Å². The maximum Gasteiger partial charge on any atom is 0.309 e. The number of piperidine rings is 1. The van der Waals surface area contributed by atoms with Gasteiger partial charge in [-0.2, -0.15) is 0 Å². The van der Waals surface area contributed by atoms with Gasteiger partial charge in [0.05, 0.1) is 5.92 Å². The molecule has 146 valence electrons. The second-order valence-corrected chi connectivity index (χ2v) is 8.28.